The number of amides is 1. The summed E-state index contributed by atoms with van der Waals surface area (Å²) in [5, 5.41) is 5.81. The zero-order valence-corrected chi connectivity index (χ0v) is 8.81. The van der Waals surface area contributed by atoms with Crippen LogP contribution in [0.3, 0.4) is 0 Å². The highest BCUT2D eigenvalue weighted by Gasteiger charge is 2.44. The number of carbonyl (C=O) groups excluding carboxylic acids is 1. The number of hydrogen-bond donors (Lipinski definition) is 2. The summed E-state index contributed by atoms with van der Waals surface area (Å²) in [6.45, 7) is 5.95. The van der Waals surface area contributed by atoms with Crippen molar-refractivity contribution in [2.45, 2.75) is 26.7 Å². The van der Waals surface area contributed by atoms with E-state index in [9.17, 15) is 4.79 Å². The van der Waals surface area contributed by atoms with Crippen LogP contribution in [0.4, 0.5) is 0 Å². The fourth-order valence-electron chi connectivity index (χ4n) is 1.63. The van der Waals surface area contributed by atoms with Gasteiger partial charge in [-0.15, -0.1) is 0 Å². The average molecular weight is 184 g/mol. The van der Waals surface area contributed by atoms with Gasteiger partial charge in [-0.25, -0.2) is 0 Å². The third-order valence-corrected chi connectivity index (χ3v) is 3.16. The highest BCUT2D eigenvalue weighted by Crippen LogP contribution is 2.51. The van der Waals surface area contributed by atoms with E-state index < -0.39 is 0 Å². The Morgan fingerprint density at radius 1 is 1.46 bits per heavy atom. The average Bonchev–Trinajstić information content (AvgIpc) is 2.85. The normalized spacial score (nSPS) is 18.8. The van der Waals surface area contributed by atoms with Gasteiger partial charge in [-0.1, -0.05) is 13.8 Å². The Hall–Kier alpha value is -0.570. The van der Waals surface area contributed by atoms with Gasteiger partial charge < -0.3 is 10.6 Å². The van der Waals surface area contributed by atoms with Gasteiger partial charge in [0.05, 0.1) is 6.54 Å². The van der Waals surface area contributed by atoms with Crippen LogP contribution in [-0.4, -0.2) is 26.0 Å². The van der Waals surface area contributed by atoms with Crippen LogP contribution in [0.5, 0.6) is 0 Å². The van der Waals surface area contributed by atoms with E-state index in [1.54, 1.807) is 7.05 Å². The Bertz CT molecular complexity index is 185. The molecule has 1 aliphatic rings. The molecular weight excluding hydrogens is 164 g/mol. The predicted molar refractivity (Wildman–Crippen MR) is 53.4 cm³/mol. The Balaban J connectivity index is 2.16. The van der Waals surface area contributed by atoms with Gasteiger partial charge in [0.2, 0.25) is 5.91 Å². The summed E-state index contributed by atoms with van der Waals surface area (Å²) in [5.41, 5.74) is 0.494. The first kappa shape index (κ1) is 10.5. The predicted octanol–water partition coefficient (Wildman–Crippen LogP) is 0.758. The molecule has 3 nitrogen and oxygen atoms in total. The first-order valence-corrected chi connectivity index (χ1v) is 5.02. The zero-order valence-electron chi connectivity index (χ0n) is 8.81. The molecule has 0 unspecified atom stereocenters. The zero-order chi connectivity index (χ0) is 9.90. The van der Waals surface area contributed by atoms with Gasteiger partial charge in [-0.05, 0) is 24.2 Å². The van der Waals surface area contributed by atoms with Gasteiger partial charge in [0.25, 0.3) is 0 Å². The van der Waals surface area contributed by atoms with Gasteiger partial charge in [-0.3, -0.25) is 4.79 Å². The maximum Gasteiger partial charge on any atom is 0.233 e. The smallest absolute Gasteiger partial charge is 0.233 e. The number of carbonyl (C=O) groups is 1. The van der Waals surface area contributed by atoms with E-state index in [2.05, 4.69) is 24.5 Å². The molecule has 0 spiro atoms. The number of hydrogen-bond acceptors (Lipinski definition) is 2. The molecule has 13 heavy (non-hydrogen) atoms. The number of rotatable bonds is 5. The fourth-order valence-corrected chi connectivity index (χ4v) is 1.63. The molecule has 1 saturated carbocycles. The minimum absolute atomic E-state index is 0.0690. The van der Waals surface area contributed by atoms with Gasteiger partial charge in [0.1, 0.15) is 0 Å². The minimum atomic E-state index is 0.0690. The Kier molecular flexibility index (Phi) is 3.31. The van der Waals surface area contributed by atoms with Gasteiger partial charge in [-0.2, -0.15) is 0 Å². The quantitative estimate of drug-likeness (QED) is 0.662. The maximum absolute atomic E-state index is 10.9. The molecule has 0 bridgehead atoms. The highest BCUT2D eigenvalue weighted by molar-refractivity contribution is 5.77. The van der Waals surface area contributed by atoms with Crippen molar-refractivity contribution in [1.29, 1.82) is 0 Å². The molecular formula is C10H20N2O. The molecule has 0 radical (unpaired) electrons. The maximum atomic E-state index is 10.9. The largest absolute Gasteiger partial charge is 0.358 e. The van der Waals surface area contributed by atoms with Gasteiger partial charge in [0.15, 0.2) is 0 Å². The van der Waals surface area contributed by atoms with E-state index in [0.717, 1.165) is 12.5 Å². The van der Waals surface area contributed by atoms with E-state index in [1.807, 2.05) is 0 Å². The molecule has 0 aromatic rings. The van der Waals surface area contributed by atoms with Gasteiger partial charge in [0, 0.05) is 13.6 Å². The third-order valence-electron chi connectivity index (χ3n) is 3.16. The van der Waals surface area contributed by atoms with E-state index in [-0.39, 0.29) is 5.91 Å². The summed E-state index contributed by atoms with van der Waals surface area (Å²) in [7, 11) is 1.67. The van der Waals surface area contributed by atoms with Crippen molar-refractivity contribution < 1.29 is 4.79 Å². The monoisotopic (exact) mass is 184 g/mol. The number of likely N-dealkylation sites (N-methyl/N-ethyl adjacent to an activating group) is 1. The second-order valence-electron chi connectivity index (χ2n) is 4.29. The van der Waals surface area contributed by atoms with E-state index in [0.29, 0.717) is 12.0 Å². The summed E-state index contributed by atoms with van der Waals surface area (Å²) in [6.07, 6.45) is 2.62. The van der Waals surface area contributed by atoms with Crippen LogP contribution in [0, 0.1) is 11.3 Å². The lowest BCUT2D eigenvalue weighted by Gasteiger charge is -2.19. The van der Waals surface area contributed by atoms with Crippen molar-refractivity contribution in [3.8, 4) is 0 Å². The SMILES string of the molecule is CNC(=O)CNCC1(C(C)C)CC1. The summed E-state index contributed by atoms with van der Waals surface area (Å²) < 4.78 is 0. The standard InChI is InChI=1S/C10H20N2O/c1-8(2)10(4-5-10)7-12-6-9(13)11-3/h8,12H,4-7H2,1-3H3,(H,11,13). The van der Waals surface area contributed by atoms with Crippen LogP contribution in [0.2, 0.25) is 0 Å². The fraction of sp³-hybridized carbons (Fsp3) is 0.900. The molecule has 76 valence electrons. The van der Waals surface area contributed by atoms with Crippen LogP contribution >= 0.6 is 0 Å². The molecule has 1 aliphatic carbocycles. The summed E-state index contributed by atoms with van der Waals surface area (Å²) in [5.74, 6) is 0.796. The Morgan fingerprint density at radius 2 is 2.08 bits per heavy atom. The molecule has 0 aromatic carbocycles. The lowest BCUT2D eigenvalue weighted by atomic mass is 9.92. The van der Waals surface area contributed by atoms with Crippen LogP contribution in [0.1, 0.15) is 26.7 Å². The van der Waals surface area contributed by atoms with Crippen molar-refractivity contribution in [1.82, 2.24) is 10.6 Å². The molecule has 0 aliphatic heterocycles. The van der Waals surface area contributed by atoms with Crippen molar-refractivity contribution in [2.75, 3.05) is 20.1 Å². The summed E-state index contributed by atoms with van der Waals surface area (Å²) in [6, 6.07) is 0. The van der Waals surface area contributed by atoms with Crippen LogP contribution in [0.25, 0.3) is 0 Å². The molecule has 1 rings (SSSR count). The molecule has 0 saturated heterocycles. The van der Waals surface area contributed by atoms with Crippen molar-refractivity contribution in [3.63, 3.8) is 0 Å². The van der Waals surface area contributed by atoms with Crippen molar-refractivity contribution in [3.05, 3.63) is 0 Å². The topological polar surface area (TPSA) is 41.1 Å². The number of nitrogens with one attached hydrogen (secondary N) is 2. The molecule has 0 aromatic heterocycles. The third kappa shape index (κ3) is 2.69. The molecule has 3 heteroatoms. The Labute approximate surface area is 80.3 Å². The van der Waals surface area contributed by atoms with Gasteiger partial charge >= 0.3 is 0 Å². The van der Waals surface area contributed by atoms with E-state index in [4.69, 9.17) is 0 Å². The second-order valence-corrected chi connectivity index (χ2v) is 4.29. The van der Waals surface area contributed by atoms with Crippen LogP contribution in [0.15, 0.2) is 0 Å². The lowest BCUT2D eigenvalue weighted by molar-refractivity contribution is -0.119. The first-order chi connectivity index (χ1) is 6.10. The van der Waals surface area contributed by atoms with Crippen LogP contribution < -0.4 is 10.6 Å². The van der Waals surface area contributed by atoms with E-state index >= 15 is 0 Å². The van der Waals surface area contributed by atoms with E-state index in [1.165, 1.54) is 12.8 Å². The molecule has 0 atom stereocenters. The highest BCUT2D eigenvalue weighted by atomic mass is 16.1. The lowest BCUT2D eigenvalue weighted by Crippen LogP contribution is -2.36. The first-order valence-electron chi connectivity index (χ1n) is 5.02. The molecule has 1 amide bonds. The summed E-state index contributed by atoms with van der Waals surface area (Å²) >= 11 is 0. The summed E-state index contributed by atoms with van der Waals surface area (Å²) in [4.78, 5) is 10.9. The minimum Gasteiger partial charge on any atom is -0.358 e. The molecule has 0 heterocycles. The molecule has 1 fully saturated rings. The van der Waals surface area contributed by atoms with Crippen LogP contribution in [-0.2, 0) is 4.79 Å². The van der Waals surface area contributed by atoms with Crippen molar-refractivity contribution >= 4 is 5.91 Å². The second kappa shape index (κ2) is 4.09. The van der Waals surface area contributed by atoms with Crippen molar-refractivity contribution in [2.24, 2.45) is 11.3 Å². The molecule has 2 N–H and O–H groups in total. The Morgan fingerprint density at radius 3 is 2.46 bits per heavy atom.